The summed E-state index contributed by atoms with van der Waals surface area (Å²) in [6, 6.07) is 0.847. The van der Waals surface area contributed by atoms with Crippen LogP contribution in [0, 0.1) is 0 Å². The number of aromatic carboxylic acids is 1. The van der Waals surface area contributed by atoms with Gasteiger partial charge in [-0.2, -0.15) is 0 Å². The predicted octanol–water partition coefficient (Wildman–Crippen LogP) is 2.38. The van der Waals surface area contributed by atoms with Gasteiger partial charge in [0.15, 0.2) is 0 Å². The molecule has 0 radical (unpaired) electrons. The van der Waals surface area contributed by atoms with E-state index >= 15 is 0 Å². The van der Waals surface area contributed by atoms with Crippen LogP contribution in [-0.2, 0) is 0 Å². The molecular formula is C8H6ClF2NO3. The molecule has 0 bridgehead atoms. The van der Waals surface area contributed by atoms with Crippen molar-refractivity contribution in [3.05, 3.63) is 22.3 Å². The van der Waals surface area contributed by atoms with E-state index < -0.39 is 28.7 Å². The summed E-state index contributed by atoms with van der Waals surface area (Å²) in [5.74, 6) is -1.70. The van der Waals surface area contributed by atoms with Gasteiger partial charge in [0.05, 0.1) is 7.11 Å². The molecule has 0 amide bonds. The lowest BCUT2D eigenvalue weighted by Crippen LogP contribution is -2.06. The summed E-state index contributed by atoms with van der Waals surface area (Å²) in [4.78, 5) is 14.1. The molecule has 0 aliphatic rings. The van der Waals surface area contributed by atoms with E-state index in [9.17, 15) is 13.6 Å². The van der Waals surface area contributed by atoms with Gasteiger partial charge in [-0.1, -0.05) is 11.6 Å². The number of carboxylic acids is 1. The van der Waals surface area contributed by atoms with Gasteiger partial charge in [0, 0.05) is 11.6 Å². The molecule has 0 aromatic carbocycles. The fraction of sp³-hybridized carbons (Fsp3) is 0.250. The van der Waals surface area contributed by atoms with Crippen molar-refractivity contribution in [2.24, 2.45) is 0 Å². The number of pyridine rings is 1. The minimum Gasteiger partial charge on any atom is -0.481 e. The van der Waals surface area contributed by atoms with Gasteiger partial charge in [-0.05, 0) is 0 Å². The van der Waals surface area contributed by atoms with Gasteiger partial charge in [-0.25, -0.2) is 18.6 Å². The van der Waals surface area contributed by atoms with Crippen molar-refractivity contribution >= 4 is 17.6 Å². The highest BCUT2D eigenvalue weighted by molar-refractivity contribution is 6.32. The maximum atomic E-state index is 12.5. The Kier molecular flexibility index (Phi) is 3.41. The molecule has 0 aliphatic carbocycles. The zero-order valence-electron chi connectivity index (χ0n) is 7.50. The number of halogens is 3. The number of carbonyl (C=O) groups is 1. The number of nitrogens with zero attached hydrogens (tertiary/aromatic N) is 1. The van der Waals surface area contributed by atoms with Gasteiger partial charge in [-0.3, -0.25) is 0 Å². The molecule has 0 unspecified atom stereocenters. The smallest absolute Gasteiger partial charge is 0.339 e. The largest absolute Gasteiger partial charge is 0.481 e. The highest BCUT2D eigenvalue weighted by atomic mass is 35.5. The zero-order valence-corrected chi connectivity index (χ0v) is 8.26. The molecule has 4 nitrogen and oxygen atoms in total. The molecule has 1 heterocycles. The van der Waals surface area contributed by atoms with Gasteiger partial charge in [0.25, 0.3) is 6.43 Å². The van der Waals surface area contributed by atoms with Crippen LogP contribution >= 0.6 is 11.6 Å². The monoisotopic (exact) mass is 237 g/mol. The van der Waals surface area contributed by atoms with Crippen LogP contribution in [0.3, 0.4) is 0 Å². The number of ether oxygens (including phenoxy) is 1. The van der Waals surface area contributed by atoms with Crippen molar-refractivity contribution in [2.75, 3.05) is 7.11 Å². The van der Waals surface area contributed by atoms with E-state index in [1.165, 1.54) is 7.11 Å². The number of hydrogen-bond donors (Lipinski definition) is 1. The fourth-order valence-electron chi connectivity index (χ4n) is 0.998. The molecule has 1 rings (SSSR count). The van der Waals surface area contributed by atoms with E-state index in [1.54, 1.807) is 0 Å². The Morgan fingerprint density at radius 2 is 2.27 bits per heavy atom. The molecule has 82 valence electrons. The van der Waals surface area contributed by atoms with E-state index in [1.807, 2.05) is 0 Å². The first-order valence-corrected chi connectivity index (χ1v) is 4.11. The van der Waals surface area contributed by atoms with Crippen molar-refractivity contribution in [1.82, 2.24) is 4.98 Å². The Hall–Kier alpha value is -1.43. The first-order valence-electron chi connectivity index (χ1n) is 3.73. The quantitative estimate of drug-likeness (QED) is 0.820. The lowest BCUT2D eigenvalue weighted by atomic mass is 10.1. The Morgan fingerprint density at radius 1 is 1.67 bits per heavy atom. The topological polar surface area (TPSA) is 59.4 Å². The number of carboxylic acid groups (broad SMARTS) is 1. The normalized spacial score (nSPS) is 10.5. The van der Waals surface area contributed by atoms with Gasteiger partial charge >= 0.3 is 5.97 Å². The van der Waals surface area contributed by atoms with Crippen molar-refractivity contribution in [3.8, 4) is 5.88 Å². The second-order valence-electron chi connectivity index (χ2n) is 2.53. The predicted molar refractivity (Wildman–Crippen MR) is 47.7 cm³/mol. The molecule has 0 aliphatic heterocycles. The molecule has 1 aromatic heterocycles. The summed E-state index contributed by atoms with van der Waals surface area (Å²) < 4.78 is 29.6. The molecule has 0 spiro atoms. The molecule has 15 heavy (non-hydrogen) atoms. The second kappa shape index (κ2) is 4.39. The summed E-state index contributed by atoms with van der Waals surface area (Å²) in [6.45, 7) is 0. The average Bonchev–Trinajstić information content (AvgIpc) is 2.15. The van der Waals surface area contributed by atoms with Crippen molar-refractivity contribution in [1.29, 1.82) is 0 Å². The molecule has 0 atom stereocenters. The second-order valence-corrected chi connectivity index (χ2v) is 2.88. The summed E-state index contributed by atoms with van der Waals surface area (Å²) in [5, 5.41) is 8.14. The Morgan fingerprint density at radius 3 is 2.67 bits per heavy atom. The molecular weight excluding hydrogens is 232 g/mol. The minimum atomic E-state index is -2.95. The number of hydrogen-bond acceptors (Lipinski definition) is 3. The van der Waals surface area contributed by atoms with Crippen LogP contribution in [-0.4, -0.2) is 23.2 Å². The van der Waals surface area contributed by atoms with Crippen molar-refractivity contribution in [3.63, 3.8) is 0 Å². The van der Waals surface area contributed by atoms with E-state index in [4.69, 9.17) is 16.7 Å². The third-order valence-corrected chi connectivity index (χ3v) is 1.91. The number of aromatic nitrogens is 1. The average molecular weight is 238 g/mol. The van der Waals surface area contributed by atoms with Gasteiger partial charge < -0.3 is 9.84 Å². The first kappa shape index (κ1) is 11.6. The van der Waals surface area contributed by atoms with E-state index in [0.29, 0.717) is 0 Å². The van der Waals surface area contributed by atoms with Gasteiger partial charge in [0.1, 0.15) is 10.7 Å². The molecule has 7 heteroatoms. The molecule has 0 saturated carbocycles. The van der Waals surface area contributed by atoms with Crippen LogP contribution in [0.2, 0.25) is 5.15 Å². The summed E-state index contributed by atoms with van der Waals surface area (Å²) in [6.07, 6.45) is -2.95. The van der Waals surface area contributed by atoms with E-state index in [2.05, 4.69) is 9.72 Å². The maximum absolute atomic E-state index is 12.5. The lowest BCUT2D eigenvalue weighted by Gasteiger charge is -2.08. The third kappa shape index (κ3) is 2.33. The zero-order chi connectivity index (χ0) is 11.6. The highest BCUT2D eigenvalue weighted by Crippen LogP contribution is 2.30. The third-order valence-electron chi connectivity index (χ3n) is 1.64. The molecule has 1 N–H and O–H groups in total. The highest BCUT2D eigenvalue weighted by Gasteiger charge is 2.23. The standard InChI is InChI=1S/C8H6ClF2NO3/c1-15-4-2-3(7(10)11)5(8(13)14)6(9)12-4/h2,7H,1H3,(H,13,14). The van der Waals surface area contributed by atoms with Crippen molar-refractivity contribution < 1.29 is 23.4 Å². The lowest BCUT2D eigenvalue weighted by molar-refractivity contribution is 0.0684. The summed E-state index contributed by atoms with van der Waals surface area (Å²) in [5.41, 5.74) is -1.41. The van der Waals surface area contributed by atoms with Crippen molar-refractivity contribution in [2.45, 2.75) is 6.43 Å². The van der Waals surface area contributed by atoms with Crippen LogP contribution < -0.4 is 4.74 Å². The Balaban J connectivity index is 3.42. The molecule has 1 aromatic rings. The number of alkyl halides is 2. The summed E-state index contributed by atoms with van der Waals surface area (Å²) >= 11 is 5.45. The Labute approximate surface area is 88.4 Å². The van der Waals surface area contributed by atoms with Crippen LogP contribution in [0.5, 0.6) is 5.88 Å². The van der Waals surface area contributed by atoms with Crippen LogP contribution in [0.4, 0.5) is 8.78 Å². The van der Waals surface area contributed by atoms with Gasteiger partial charge in [0.2, 0.25) is 5.88 Å². The summed E-state index contributed by atoms with van der Waals surface area (Å²) in [7, 11) is 1.22. The van der Waals surface area contributed by atoms with E-state index in [-0.39, 0.29) is 5.88 Å². The van der Waals surface area contributed by atoms with Crippen LogP contribution in [0.15, 0.2) is 6.07 Å². The fourth-order valence-corrected chi connectivity index (χ4v) is 1.27. The van der Waals surface area contributed by atoms with Crippen LogP contribution in [0.25, 0.3) is 0 Å². The number of rotatable bonds is 3. The first-order chi connectivity index (χ1) is 6.97. The molecule has 0 fully saturated rings. The SMILES string of the molecule is COc1cc(C(F)F)c(C(=O)O)c(Cl)n1. The maximum Gasteiger partial charge on any atom is 0.339 e. The minimum absolute atomic E-state index is 0.152. The number of methoxy groups -OCH3 is 1. The van der Waals surface area contributed by atoms with Gasteiger partial charge in [-0.15, -0.1) is 0 Å². The van der Waals surface area contributed by atoms with Crippen LogP contribution in [0.1, 0.15) is 22.3 Å². The molecule has 0 saturated heterocycles. The Bertz CT molecular complexity index is 398. The van der Waals surface area contributed by atoms with E-state index in [0.717, 1.165) is 6.07 Å².